The molecule has 0 radical (unpaired) electrons. The highest BCUT2D eigenvalue weighted by molar-refractivity contribution is 5.91. The number of hydrogen-bond donors (Lipinski definition) is 1. The van der Waals surface area contributed by atoms with E-state index in [0.717, 1.165) is 25.9 Å². The van der Waals surface area contributed by atoms with Gasteiger partial charge in [-0.05, 0) is 36.8 Å². The van der Waals surface area contributed by atoms with E-state index in [2.05, 4.69) is 90.0 Å². The van der Waals surface area contributed by atoms with Gasteiger partial charge in [0.15, 0.2) is 5.69 Å². The van der Waals surface area contributed by atoms with Gasteiger partial charge >= 0.3 is 5.97 Å². The van der Waals surface area contributed by atoms with E-state index >= 15 is 0 Å². The summed E-state index contributed by atoms with van der Waals surface area (Å²) in [7, 11) is 8.25. The standard InChI is InChI=1S/C25H29N5O2.BrH/c1-27(2)20-9-7-18-13-19-8-10-21(28(3)4)15-24(19)30(23(18)14-20)12-6-5-11-29-16-22(25(31)32)26-17-29;/h7-10,13-17H,5-6,11-12H2,1-4H3;1H. The summed E-state index contributed by atoms with van der Waals surface area (Å²) in [6.45, 7) is 1.62. The molecule has 2 aromatic heterocycles. The maximum absolute atomic E-state index is 11.0. The van der Waals surface area contributed by atoms with Gasteiger partial charge < -0.3 is 36.5 Å². The molecule has 0 saturated carbocycles. The van der Waals surface area contributed by atoms with E-state index in [1.807, 2.05) is 4.57 Å². The van der Waals surface area contributed by atoms with Crippen LogP contribution in [0.15, 0.2) is 55.0 Å². The van der Waals surface area contributed by atoms with E-state index in [9.17, 15) is 4.79 Å². The third-order valence-electron chi connectivity index (χ3n) is 5.85. The van der Waals surface area contributed by atoms with Gasteiger partial charge in [-0.1, -0.05) is 0 Å². The third-order valence-corrected chi connectivity index (χ3v) is 5.85. The van der Waals surface area contributed by atoms with Crippen LogP contribution < -0.4 is 31.3 Å². The minimum Gasteiger partial charge on any atom is -1.00 e. The minimum atomic E-state index is -0.991. The summed E-state index contributed by atoms with van der Waals surface area (Å²) in [6, 6.07) is 15.5. The fourth-order valence-corrected chi connectivity index (χ4v) is 4.03. The van der Waals surface area contributed by atoms with Crippen molar-refractivity contribution in [2.45, 2.75) is 25.9 Å². The van der Waals surface area contributed by atoms with Gasteiger partial charge in [0.2, 0.25) is 11.0 Å². The number of imidazole rings is 1. The largest absolute Gasteiger partial charge is 1.00 e. The molecule has 8 heteroatoms. The zero-order valence-electron chi connectivity index (χ0n) is 19.5. The Kier molecular flexibility index (Phi) is 7.58. The number of anilines is 2. The number of hydrogen-bond acceptors (Lipinski definition) is 4. The van der Waals surface area contributed by atoms with Crippen LogP contribution in [0.25, 0.3) is 21.8 Å². The normalized spacial score (nSPS) is 10.9. The number of aromatic nitrogens is 3. The molecule has 0 aliphatic carbocycles. The highest BCUT2D eigenvalue weighted by atomic mass is 79.9. The van der Waals surface area contributed by atoms with Gasteiger partial charge in [0.1, 0.15) is 6.54 Å². The van der Waals surface area contributed by atoms with Crippen LogP contribution in [0.4, 0.5) is 11.4 Å². The number of halogens is 1. The number of nitrogens with zero attached hydrogens (tertiary/aromatic N) is 5. The number of aromatic carboxylic acids is 1. The third kappa shape index (κ3) is 5.27. The van der Waals surface area contributed by atoms with Crippen LogP contribution >= 0.6 is 0 Å². The van der Waals surface area contributed by atoms with Gasteiger partial charge in [-0.3, -0.25) is 0 Å². The molecule has 4 rings (SSSR count). The number of pyridine rings is 1. The van der Waals surface area contributed by atoms with Crippen LogP contribution in [0.1, 0.15) is 23.3 Å². The fourth-order valence-electron chi connectivity index (χ4n) is 4.03. The van der Waals surface area contributed by atoms with Crippen molar-refractivity contribution >= 4 is 39.1 Å². The fraction of sp³-hybridized carbons (Fsp3) is 0.320. The maximum atomic E-state index is 11.0. The lowest BCUT2D eigenvalue weighted by Gasteiger charge is -2.15. The van der Waals surface area contributed by atoms with Gasteiger partial charge in [-0.2, -0.15) is 4.57 Å². The lowest BCUT2D eigenvalue weighted by Crippen LogP contribution is -3.00. The number of carboxylic acid groups (broad SMARTS) is 1. The molecule has 2 aromatic carbocycles. The Balaban J connectivity index is 0.00000306. The highest BCUT2D eigenvalue weighted by Crippen LogP contribution is 2.25. The van der Waals surface area contributed by atoms with E-state index in [1.54, 1.807) is 12.5 Å². The second-order valence-electron chi connectivity index (χ2n) is 8.58. The van der Waals surface area contributed by atoms with Crippen LogP contribution in [-0.2, 0) is 13.1 Å². The molecule has 174 valence electrons. The molecule has 0 aliphatic heterocycles. The quantitative estimate of drug-likeness (QED) is 0.215. The first-order valence-electron chi connectivity index (χ1n) is 10.8. The highest BCUT2D eigenvalue weighted by Gasteiger charge is 2.17. The van der Waals surface area contributed by atoms with Crippen molar-refractivity contribution in [3.05, 3.63) is 60.7 Å². The molecule has 1 N–H and O–H groups in total. The summed E-state index contributed by atoms with van der Waals surface area (Å²) in [5.41, 5.74) is 4.88. The van der Waals surface area contributed by atoms with Gasteiger partial charge in [0, 0.05) is 81.6 Å². The van der Waals surface area contributed by atoms with Crippen molar-refractivity contribution < 1.29 is 31.4 Å². The molecule has 0 amide bonds. The molecular weight excluding hydrogens is 482 g/mol. The Bertz CT molecular complexity index is 1220. The van der Waals surface area contributed by atoms with Crippen LogP contribution in [0.2, 0.25) is 0 Å². The second kappa shape index (κ2) is 10.2. The van der Waals surface area contributed by atoms with Crippen LogP contribution in [0, 0.1) is 0 Å². The number of carboxylic acids is 1. The lowest BCUT2D eigenvalue weighted by atomic mass is 10.1. The molecule has 0 spiro atoms. The van der Waals surface area contributed by atoms with Gasteiger partial charge in [-0.25, -0.2) is 9.78 Å². The zero-order valence-corrected chi connectivity index (χ0v) is 21.1. The molecule has 0 unspecified atom stereocenters. The van der Waals surface area contributed by atoms with Crippen molar-refractivity contribution in [1.82, 2.24) is 9.55 Å². The zero-order chi connectivity index (χ0) is 22.8. The Morgan fingerprint density at radius 3 is 2.00 bits per heavy atom. The minimum absolute atomic E-state index is 0. The van der Waals surface area contributed by atoms with E-state index in [0.29, 0.717) is 0 Å². The molecule has 0 atom stereocenters. The molecule has 0 saturated heterocycles. The van der Waals surface area contributed by atoms with Crippen molar-refractivity contribution in [2.24, 2.45) is 0 Å². The van der Waals surface area contributed by atoms with Gasteiger partial charge in [-0.15, -0.1) is 0 Å². The van der Waals surface area contributed by atoms with Crippen LogP contribution in [0.3, 0.4) is 0 Å². The number of rotatable bonds is 8. The monoisotopic (exact) mass is 511 g/mol. The summed E-state index contributed by atoms with van der Waals surface area (Å²) in [6.07, 6.45) is 5.09. The summed E-state index contributed by atoms with van der Waals surface area (Å²) < 4.78 is 4.27. The SMILES string of the molecule is CN(C)c1ccc2cc3ccc(N(C)C)cc3[n+](CCCCn3cnc(C(=O)O)c3)c2c1.[Br-]. The summed E-state index contributed by atoms with van der Waals surface area (Å²) in [5.74, 6) is -0.991. The number of carbonyl (C=O) groups is 1. The van der Waals surface area contributed by atoms with E-state index in [1.165, 1.54) is 33.2 Å². The molecule has 0 bridgehead atoms. The van der Waals surface area contributed by atoms with Crippen LogP contribution in [0.5, 0.6) is 0 Å². The summed E-state index contributed by atoms with van der Waals surface area (Å²) in [5, 5.41) is 11.5. The Morgan fingerprint density at radius 1 is 0.939 bits per heavy atom. The first kappa shape index (κ1) is 24.5. The molecular formula is C25H30BrN5O2. The molecule has 7 nitrogen and oxygen atoms in total. The van der Waals surface area contributed by atoms with Crippen molar-refractivity contribution in [3.63, 3.8) is 0 Å². The van der Waals surface area contributed by atoms with Crippen molar-refractivity contribution in [3.8, 4) is 0 Å². The number of fused-ring (bicyclic) bond motifs is 2. The Hall–Kier alpha value is -3.13. The molecule has 0 aliphatic rings. The number of aryl methyl sites for hydroxylation is 2. The Morgan fingerprint density at radius 2 is 1.52 bits per heavy atom. The second-order valence-corrected chi connectivity index (χ2v) is 8.58. The molecule has 2 heterocycles. The van der Waals surface area contributed by atoms with Gasteiger partial charge in [0.05, 0.1) is 6.33 Å². The summed E-state index contributed by atoms with van der Waals surface area (Å²) in [4.78, 5) is 19.2. The maximum Gasteiger partial charge on any atom is 0.356 e. The summed E-state index contributed by atoms with van der Waals surface area (Å²) >= 11 is 0. The molecule has 0 fully saturated rings. The number of unbranched alkanes of at least 4 members (excludes halogenated alkanes) is 1. The lowest BCUT2D eigenvalue weighted by molar-refractivity contribution is -0.645. The smallest absolute Gasteiger partial charge is 0.356 e. The molecule has 4 aromatic rings. The van der Waals surface area contributed by atoms with Gasteiger partial charge in [0.25, 0.3) is 0 Å². The average molecular weight is 512 g/mol. The van der Waals surface area contributed by atoms with Crippen molar-refractivity contribution in [1.29, 1.82) is 0 Å². The van der Waals surface area contributed by atoms with E-state index < -0.39 is 5.97 Å². The topological polar surface area (TPSA) is 65.5 Å². The number of benzene rings is 2. The average Bonchev–Trinajstić information content (AvgIpc) is 3.24. The van der Waals surface area contributed by atoms with Crippen molar-refractivity contribution in [2.75, 3.05) is 38.0 Å². The van der Waals surface area contributed by atoms with Crippen LogP contribution in [-0.4, -0.2) is 48.8 Å². The first-order chi connectivity index (χ1) is 15.3. The molecule has 33 heavy (non-hydrogen) atoms. The predicted octanol–water partition coefficient (Wildman–Crippen LogP) is 0.792. The Labute approximate surface area is 204 Å². The van der Waals surface area contributed by atoms with E-state index in [4.69, 9.17) is 5.11 Å². The predicted molar refractivity (Wildman–Crippen MR) is 129 cm³/mol. The van der Waals surface area contributed by atoms with E-state index in [-0.39, 0.29) is 22.7 Å². The first-order valence-corrected chi connectivity index (χ1v) is 10.8.